The van der Waals surface area contributed by atoms with Gasteiger partial charge in [-0.25, -0.2) is 0 Å². The highest BCUT2D eigenvalue weighted by Gasteiger charge is 2.48. The number of anilines is 3. The standard InChI is InChI=1S/C36H25BN2O/c1-20-18-24-21-11-8-12-23-32(21)39(33-22-10-4-7-17-30(22)40-35(23)33)37-27-15-9-14-26-34(27)38(29(19-20)31(24)37)28-16-6-5-13-25(28)36(26,2)3/h4-19H,1-3H3. The second kappa shape index (κ2) is 6.71. The van der Waals surface area contributed by atoms with Crippen LogP contribution in [0.3, 0.4) is 0 Å². The topological polar surface area (TPSA) is 21.3 Å². The number of hydrogen-bond donors (Lipinski definition) is 0. The highest BCUT2D eigenvalue weighted by Crippen LogP contribution is 2.54. The highest BCUT2D eigenvalue weighted by atomic mass is 16.3. The quantitative estimate of drug-likeness (QED) is 0.193. The molecule has 0 aliphatic carbocycles. The smallest absolute Gasteiger partial charge is 0.333 e. The molecule has 3 aliphatic heterocycles. The molecule has 0 spiro atoms. The molecule has 0 bridgehead atoms. The van der Waals surface area contributed by atoms with E-state index in [0.29, 0.717) is 0 Å². The summed E-state index contributed by atoms with van der Waals surface area (Å²) in [7, 11) is 0. The zero-order valence-electron chi connectivity index (χ0n) is 22.6. The summed E-state index contributed by atoms with van der Waals surface area (Å²) in [5.41, 5.74) is 17.6. The molecule has 2 aromatic heterocycles. The molecule has 3 nitrogen and oxygen atoms in total. The van der Waals surface area contributed by atoms with E-state index >= 15 is 0 Å². The molecule has 40 heavy (non-hydrogen) atoms. The Morgan fingerprint density at radius 1 is 0.700 bits per heavy atom. The Bertz CT molecular complexity index is 2280. The van der Waals surface area contributed by atoms with Crippen LogP contribution in [0.5, 0.6) is 0 Å². The van der Waals surface area contributed by atoms with Crippen molar-refractivity contribution in [1.29, 1.82) is 0 Å². The second-order valence-corrected chi connectivity index (χ2v) is 12.2. The zero-order valence-corrected chi connectivity index (χ0v) is 22.6. The van der Waals surface area contributed by atoms with Gasteiger partial charge in [-0.05, 0) is 70.4 Å². The number of furan rings is 1. The van der Waals surface area contributed by atoms with Crippen molar-refractivity contribution in [1.82, 2.24) is 4.48 Å². The van der Waals surface area contributed by atoms with Gasteiger partial charge in [0.15, 0.2) is 5.58 Å². The molecule has 0 unspecified atom stereocenters. The molecular formula is C36H25BN2O. The fourth-order valence-electron chi connectivity index (χ4n) is 8.17. The maximum Gasteiger partial charge on any atom is 0.333 e. The van der Waals surface area contributed by atoms with Crippen molar-refractivity contribution in [2.75, 3.05) is 4.90 Å². The summed E-state index contributed by atoms with van der Waals surface area (Å²) in [6.07, 6.45) is 0. The maximum absolute atomic E-state index is 6.61. The number of aryl methyl sites for hydroxylation is 1. The van der Waals surface area contributed by atoms with E-state index in [2.05, 4.69) is 127 Å². The van der Waals surface area contributed by atoms with Crippen molar-refractivity contribution in [2.24, 2.45) is 0 Å². The summed E-state index contributed by atoms with van der Waals surface area (Å²) < 4.78 is 9.21. The number of para-hydroxylation sites is 4. The third-order valence-electron chi connectivity index (χ3n) is 9.77. The van der Waals surface area contributed by atoms with Gasteiger partial charge in [-0.3, -0.25) is 0 Å². The van der Waals surface area contributed by atoms with Gasteiger partial charge >= 0.3 is 6.85 Å². The predicted octanol–water partition coefficient (Wildman–Crippen LogP) is 7.91. The van der Waals surface area contributed by atoms with Gasteiger partial charge in [-0.15, -0.1) is 0 Å². The fraction of sp³-hybridized carbons (Fsp3) is 0.111. The van der Waals surface area contributed by atoms with Crippen LogP contribution in [0.4, 0.5) is 17.1 Å². The fourth-order valence-corrected chi connectivity index (χ4v) is 8.17. The number of rotatable bonds is 0. The van der Waals surface area contributed by atoms with Crippen molar-refractivity contribution in [3.63, 3.8) is 0 Å². The Labute approximate surface area is 232 Å². The van der Waals surface area contributed by atoms with Gasteiger partial charge in [0, 0.05) is 38.6 Å². The van der Waals surface area contributed by atoms with Gasteiger partial charge in [0.1, 0.15) is 5.58 Å². The number of aromatic nitrogens is 1. The van der Waals surface area contributed by atoms with Crippen molar-refractivity contribution >= 4 is 67.8 Å². The lowest BCUT2D eigenvalue weighted by atomic mass is 9.44. The number of hydrogen-bond acceptors (Lipinski definition) is 2. The third kappa shape index (κ3) is 2.21. The number of fused-ring (bicyclic) bond motifs is 11. The molecule has 0 N–H and O–H groups in total. The minimum atomic E-state index is -0.112. The van der Waals surface area contributed by atoms with Gasteiger partial charge in [-0.2, -0.15) is 0 Å². The molecule has 10 rings (SSSR count). The lowest BCUT2D eigenvalue weighted by molar-refractivity contribution is 0.632. The summed E-state index contributed by atoms with van der Waals surface area (Å²) in [5, 5.41) is 2.37. The van der Waals surface area contributed by atoms with E-state index in [0.717, 1.165) is 11.2 Å². The molecule has 0 atom stereocenters. The van der Waals surface area contributed by atoms with Crippen LogP contribution in [-0.4, -0.2) is 11.3 Å². The monoisotopic (exact) mass is 512 g/mol. The maximum atomic E-state index is 6.61. The Morgan fingerprint density at radius 3 is 2.40 bits per heavy atom. The first-order valence-corrected chi connectivity index (χ1v) is 14.2. The summed E-state index contributed by atoms with van der Waals surface area (Å²) in [6, 6.07) is 36.0. The van der Waals surface area contributed by atoms with E-state index in [9.17, 15) is 0 Å². The summed E-state index contributed by atoms with van der Waals surface area (Å²) >= 11 is 0. The van der Waals surface area contributed by atoms with Crippen LogP contribution in [0.15, 0.2) is 101 Å². The van der Waals surface area contributed by atoms with Crippen molar-refractivity contribution < 1.29 is 4.42 Å². The minimum absolute atomic E-state index is 0.0498. The lowest BCUT2D eigenvalue weighted by Crippen LogP contribution is -2.58. The Kier molecular flexibility index (Phi) is 3.55. The van der Waals surface area contributed by atoms with Gasteiger partial charge in [0.2, 0.25) is 0 Å². The Balaban J connectivity index is 1.45. The van der Waals surface area contributed by atoms with Crippen molar-refractivity contribution in [3.05, 3.63) is 114 Å². The average Bonchev–Trinajstić information content (AvgIpc) is 3.50. The van der Waals surface area contributed by atoms with E-state index in [1.165, 1.54) is 77.6 Å². The minimum Gasteiger partial charge on any atom is -0.454 e. The molecular weight excluding hydrogens is 487 g/mol. The van der Waals surface area contributed by atoms with Crippen LogP contribution in [0.25, 0.3) is 44.1 Å². The van der Waals surface area contributed by atoms with Crippen LogP contribution in [0.2, 0.25) is 0 Å². The highest BCUT2D eigenvalue weighted by molar-refractivity contribution is 6.90. The third-order valence-corrected chi connectivity index (χ3v) is 9.77. The van der Waals surface area contributed by atoms with Crippen LogP contribution in [0, 0.1) is 6.92 Å². The first kappa shape index (κ1) is 21.2. The second-order valence-electron chi connectivity index (χ2n) is 12.2. The SMILES string of the molecule is Cc1cc2c3c(c1)N1c4ccccc4C(C)(C)c4cccc(c41)B3n1c3c-2cccc3c2oc3ccccc3c21. The van der Waals surface area contributed by atoms with Crippen molar-refractivity contribution in [3.8, 4) is 11.1 Å². The van der Waals surface area contributed by atoms with E-state index in [1.807, 2.05) is 0 Å². The number of benzene rings is 5. The van der Waals surface area contributed by atoms with Gasteiger partial charge in [0.05, 0.1) is 11.2 Å². The van der Waals surface area contributed by atoms with Gasteiger partial charge < -0.3 is 13.8 Å². The zero-order chi connectivity index (χ0) is 26.5. The molecule has 0 amide bonds. The summed E-state index contributed by atoms with van der Waals surface area (Å²) in [5.74, 6) is 0. The molecule has 5 aromatic carbocycles. The molecule has 0 saturated carbocycles. The average molecular weight is 512 g/mol. The molecule has 3 aliphatic rings. The number of nitrogens with zero attached hydrogens (tertiary/aromatic N) is 2. The molecule has 0 radical (unpaired) electrons. The Hall–Kier alpha value is -4.70. The van der Waals surface area contributed by atoms with Gasteiger partial charge in [-0.1, -0.05) is 80.6 Å². The molecule has 0 saturated heterocycles. The van der Waals surface area contributed by atoms with E-state index in [4.69, 9.17) is 4.42 Å². The molecule has 188 valence electrons. The van der Waals surface area contributed by atoms with Crippen LogP contribution in [0.1, 0.15) is 30.5 Å². The predicted molar refractivity (Wildman–Crippen MR) is 167 cm³/mol. The molecule has 0 fully saturated rings. The molecule has 4 heteroatoms. The van der Waals surface area contributed by atoms with E-state index < -0.39 is 0 Å². The Morgan fingerprint density at radius 2 is 1.48 bits per heavy atom. The normalized spacial score (nSPS) is 15.5. The van der Waals surface area contributed by atoms with E-state index in [1.54, 1.807) is 0 Å². The van der Waals surface area contributed by atoms with Crippen molar-refractivity contribution in [2.45, 2.75) is 26.2 Å². The summed E-state index contributed by atoms with van der Waals surface area (Å²) in [6.45, 7) is 7.04. The van der Waals surface area contributed by atoms with Gasteiger partial charge in [0.25, 0.3) is 0 Å². The molecule has 5 heterocycles. The first-order chi connectivity index (χ1) is 19.5. The van der Waals surface area contributed by atoms with E-state index in [-0.39, 0.29) is 12.3 Å². The molecule has 7 aromatic rings. The van der Waals surface area contributed by atoms with Crippen LogP contribution >= 0.6 is 0 Å². The largest absolute Gasteiger partial charge is 0.454 e. The first-order valence-electron chi connectivity index (χ1n) is 14.2. The summed E-state index contributed by atoms with van der Waals surface area (Å²) in [4.78, 5) is 2.56. The van der Waals surface area contributed by atoms with Crippen LogP contribution < -0.4 is 15.8 Å². The van der Waals surface area contributed by atoms with Crippen LogP contribution in [-0.2, 0) is 5.41 Å². The lowest BCUT2D eigenvalue weighted by Gasteiger charge is -2.48.